The summed E-state index contributed by atoms with van der Waals surface area (Å²) in [4.78, 5) is 4.89. The topological polar surface area (TPSA) is 32.5 Å². The molecule has 0 spiro atoms. The average molecular weight is 358 g/mol. The van der Waals surface area contributed by atoms with Gasteiger partial charge in [0.25, 0.3) is 0 Å². The average Bonchev–Trinajstić information content (AvgIpc) is 2.65. The Bertz CT molecular complexity index is 469. The van der Waals surface area contributed by atoms with Gasteiger partial charge in [-0.1, -0.05) is 13.0 Å². The predicted octanol–water partition coefficient (Wildman–Crippen LogP) is 3.00. The van der Waals surface area contributed by atoms with Gasteiger partial charge in [0.05, 0.1) is 4.47 Å². The number of halogens is 2. The van der Waals surface area contributed by atoms with Crippen LogP contribution in [0, 0.1) is 5.82 Å². The van der Waals surface area contributed by atoms with Crippen molar-refractivity contribution in [2.75, 3.05) is 33.2 Å². The minimum Gasteiger partial charge on any atom is -0.329 e. The standard InChI is InChI=1S/C16H25BrFN3/c1-3-13-11-20(2)7-4-8-21(13)16(10-19)12-5-6-15(18)14(17)9-12/h5-6,9,13,16H,3-4,7-8,10-11,19H2,1-2H3. The molecular formula is C16H25BrFN3. The van der Waals surface area contributed by atoms with Crippen LogP contribution in [0.1, 0.15) is 31.4 Å². The lowest BCUT2D eigenvalue weighted by Gasteiger charge is -2.37. The number of benzene rings is 1. The van der Waals surface area contributed by atoms with E-state index in [2.05, 4.69) is 39.7 Å². The molecule has 1 fully saturated rings. The van der Waals surface area contributed by atoms with Gasteiger partial charge in [0.15, 0.2) is 0 Å². The van der Waals surface area contributed by atoms with Crippen LogP contribution >= 0.6 is 15.9 Å². The van der Waals surface area contributed by atoms with E-state index in [0.717, 1.165) is 38.0 Å². The molecular weight excluding hydrogens is 333 g/mol. The Hall–Kier alpha value is -0.490. The first-order chi connectivity index (χ1) is 10.1. The molecule has 21 heavy (non-hydrogen) atoms. The molecule has 0 aliphatic carbocycles. The maximum atomic E-state index is 13.5. The highest BCUT2D eigenvalue weighted by Gasteiger charge is 2.28. The monoisotopic (exact) mass is 357 g/mol. The largest absolute Gasteiger partial charge is 0.329 e. The number of nitrogens with two attached hydrogens (primary N) is 1. The van der Waals surface area contributed by atoms with Gasteiger partial charge in [-0.05, 0) is 60.1 Å². The molecule has 2 N–H and O–H groups in total. The van der Waals surface area contributed by atoms with Gasteiger partial charge in [-0.25, -0.2) is 4.39 Å². The summed E-state index contributed by atoms with van der Waals surface area (Å²) in [5.74, 6) is -0.225. The van der Waals surface area contributed by atoms with E-state index in [9.17, 15) is 4.39 Å². The Balaban J connectivity index is 2.27. The molecule has 1 aliphatic heterocycles. The second-order valence-corrected chi connectivity index (χ2v) is 6.70. The highest BCUT2D eigenvalue weighted by atomic mass is 79.9. The van der Waals surface area contributed by atoms with Crippen molar-refractivity contribution >= 4 is 15.9 Å². The fraction of sp³-hybridized carbons (Fsp3) is 0.625. The summed E-state index contributed by atoms with van der Waals surface area (Å²) >= 11 is 3.28. The number of rotatable bonds is 4. The highest BCUT2D eigenvalue weighted by molar-refractivity contribution is 9.10. The molecule has 1 saturated heterocycles. The highest BCUT2D eigenvalue weighted by Crippen LogP contribution is 2.28. The molecule has 5 heteroatoms. The van der Waals surface area contributed by atoms with Gasteiger partial charge in [0.2, 0.25) is 0 Å². The molecule has 0 saturated carbocycles. The van der Waals surface area contributed by atoms with Crippen LogP contribution in [0.3, 0.4) is 0 Å². The third kappa shape index (κ3) is 4.03. The summed E-state index contributed by atoms with van der Waals surface area (Å²) < 4.78 is 14.0. The molecule has 3 nitrogen and oxygen atoms in total. The van der Waals surface area contributed by atoms with Crippen LogP contribution in [0.4, 0.5) is 4.39 Å². The lowest BCUT2D eigenvalue weighted by Crippen LogP contribution is -2.44. The van der Waals surface area contributed by atoms with Gasteiger partial charge < -0.3 is 10.6 Å². The number of nitrogens with zero attached hydrogens (tertiary/aromatic N) is 2. The number of hydrogen-bond acceptors (Lipinski definition) is 3. The van der Waals surface area contributed by atoms with Gasteiger partial charge in [-0.3, -0.25) is 4.90 Å². The molecule has 0 radical (unpaired) electrons. The van der Waals surface area contributed by atoms with Crippen LogP contribution < -0.4 is 5.73 Å². The summed E-state index contributed by atoms with van der Waals surface area (Å²) in [6.45, 7) is 6.01. The molecule has 118 valence electrons. The Labute approximate surface area is 135 Å². The SMILES string of the molecule is CCC1CN(C)CCCN1C(CN)c1ccc(F)c(Br)c1. The third-order valence-electron chi connectivity index (χ3n) is 4.37. The Kier molecular flexibility index (Phi) is 6.17. The van der Waals surface area contributed by atoms with Crippen LogP contribution in [-0.4, -0.2) is 49.1 Å². The van der Waals surface area contributed by atoms with Crippen molar-refractivity contribution in [2.24, 2.45) is 5.73 Å². The Morgan fingerprint density at radius 2 is 2.19 bits per heavy atom. The Morgan fingerprint density at radius 3 is 2.81 bits per heavy atom. The van der Waals surface area contributed by atoms with Gasteiger partial charge in [0.1, 0.15) is 5.82 Å². The quantitative estimate of drug-likeness (QED) is 0.898. The van der Waals surface area contributed by atoms with E-state index in [1.807, 2.05) is 12.1 Å². The molecule has 2 unspecified atom stereocenters. The molecule has 1 aliphatic rings. The second-order valence-electron chi connectivity index (χ2n) is 5.84. The van der Waals surface area contributed by atoms with E-state index >= 15 is 0 Å². The summed E-state index contributed by atoms with van der Waals surface area (Å²) in [6, 6.07) is 5.90. The van der Waals surface area contributed by atoms with Crippen LogP contribution in [0.25, 0.3) is 0 Å². The molecule has 0 aromatic heterocycles. The summed E-state index contributed by atoms with van der Waals surface area (Å²) in [7, 11) is 2.18. The zero-order chi connectivity index (χ0) is 15.4. The van der Waals surface area contributed by atoms with Crippen LogP contribution in [0.5, 0.6) is 0 Å². The van der Waals surface area contributed by atoms with E-state index in [-0.39, 0.29) is 11.9 Å². The Morgan fingerprint density at radius 1 is 1.43 bits per heavy atom. The lowest BCUT2D eigenvalue weighted by atomic mass is 10.0. The van der Waals surface area contributed by atoms with E-state index in [4.69, 9.17) is 5.73 Å². The molecule has 1 aromatic rings. The first-order valence-electron chi connectivity index (χ1n) is 7.66. The van der Waals surface area contributed by atoms with Gasteiger partial charge in [0, 0.05) is 31.7 Å². The maximum Gasteiger partial charge on any atom is 0.137 e. The van der Waals surface area contributed by atoms with Crippen molar-refractivity contribution in [3.05, 3.63) is 34.1 Å². The van der Waals surface area contributed by atoms with Gasteiger partial charge in [-0.15, -0.1) is 0 Å². The lowest BCUT2D eigenvalue weighted by molar-refractivity contribution is 0.131. The van der Waals surface area contributed by atoms with E-state index in [1.165, 1.54) is 6.07 Å². The predicted molar refractivity (Wildman–Crippen MR) is 88.8 cm³/mol. The maximum absolute atomic E-state index is 13.5. The van der Waals surface area contributed by atoms with Crippen molar-refractivity contribution in [1.29, 1.82) is 0 Å². The van der Waals surface area contributed by atoms with Crippen molar-refractivity contribution in [1.82, 2.24) is 9.80 Å². The fourth-order valence-corrected chi connectivity index (χ4v) is 3.61. The zero-order valence-electron chi connectivity index (χ0n) is 12.9. The van der Waals surface area contributed by atoms with Crippen LogP contribution in [0.15, 0.2) is 22.7 Å². The summed E-state index contributed by atoms with van der Waals surface area (Å²) in [5.41, 5.74) is 7.15. The van der Waals surface area contributed by atoms with Crippen molar-refractivity contribution in [3.8, 4) is 0 Å². The fourth-order valence-electron chi connectivity index (χ4n) is 3.22. The van der Waals surface area contributed by atoms with Crippen molar-refractivity contribution in [2.45, 2.75) is 31.8 Å². The van der Waals surface area contributed by atoms with Crippen molar-refractivity contribution < 1.29 is 4.39 Å². The smallest absolute Gasteiger partial charge is 0.137 e. The van der Waals surface area contributed by atoms with Gasteiger partial charge in [-0.2, -0.15) is 0 Å². The molecule has 1 aromatic carbocycles. The second kappa shape index (κ2) is 7.68. The normalized spacial score (nSPS) is 23.0. The van der Waals surface area contributed by atoms with Crippen LogP contribution in [-0.2, 0) is 0 Å². The first-order valence-corrected chi connectivity index (χ1v) is 8.45. The zero-order valence-corrected chi connectivity index (χ0v) is 14.4. The first kappa shape index (κ1) is 16.9. The molecule has 2 rings (SSSR count). The minimum absolute atomic E-state index is 0.151. The van der Waals surface area contributed by atoms with Crippen LogP contribution in [0.2, 0.25) is 0 Å². The molecule has 2 atom stereocenters. The van der Waals surface area contributed by atoms with Gasteiger partial charge >= 0.3 is 0 Å². The number of likely N-dealkylation sites (N-methyl/N-ethyl adjacent to an activating group) is 1. The van der Waals surface area contributed by atoms with E-state index in [1.54, 1.807) is 0 Å². The number of hydrogen-bond donors (Lipinski definition) is 1. The van der Waals surface area contributed by atoms with Crippen molar-refractivity contribution in [3.63, 3.8) is 0 Å². The molecule has 1 heterocycles. The third-order valence-corrected chi connectivity index (χ3v) is 4.98. The summed E-state index contributed by atoms with van der Waals surface area (Å²) in [5, 5.41) is 0. The van der Waals surface area contributed by atoms with E-state index < -0.39 is 0 Å². The molecule has 0 bridgehead atoms. The summed E-state index contributed by atoms with van der Waals surface area (Å²) in [6.07, 6.45) is 2.25. The minimum atomic E-state index is -0.225. The van der Waals surface area contributed by atoms with E-state index in [0.29, 0.717) is 17.1 Å². The molecule has 0 amide bonds.